The van der Waals surface area contributed by atoms with Crippen LogP contribution in [0.2, 0.25) is 0 Å². The SMILES string of the molecule is C#CCOCCOCCOCCOCCC(=O)ON1C(=O)CCC1=O. The Morgan fingerprint density at radius 1 is 0.880 bits per heavy atom. The highest BCUT2D eigenvalue weighted by Crippen LogP contribution is 2.12. The van der Waals surface area contributed by atoms with Crippen LogP contribution in [-0.2, 0) is 38.2 Å². The molecule has 0 N–H and O–H groups in total. The number of hydrogen-bond acceptors (Lipinski definition) is 8. The Labute approximate surface area is 146 Å². The van der Waals surface area contributed by atoms with Gasteiger partial charge in [-0.05, 0) is 0 Å². The number of hydroxylamine groups is 2. The highest BCUT2D eigenvalue weighted by atomic mass is 16.7. The second kappa shape index (κ2) is 13.3. The molecule has 0 saturated carbocycles. The van der Waals surface area contributed by atoms with Crippen molar-refractivity contribution in [3.8, 4) is 12.3 Å². The summed E-state index contributed by atoms with van der Waals surface area (Å²) in [4.78, 5) is 38.7. The lowest BCUT2D eigenvalue weighted by molar-refractivity contribution is -0.198. The number of rotatable bonds is 14. The molecule has 1 heterocycles. The van der Waals surface area contributed by atoms with E-state index in [1.165, 1.54) is 0 Å². The van der Waals surface area contributed by atoms with E-state index in [1.54, 1.807) is 0 Å². The molecular formula is C16H23NO8. The summed E-state index contributed by atoms with van der Waals surface area (Å²) >= 11 is 0. The number of amides is 2. The zero-order valence-corrected chi connectivity index (χ0v) is 14.1. The van der Waals surface area contributed by atoms with Crippen LogP contribution in [0.25, 0.3) is 0 Å². The molecule has 0 bridgehead atoms. The van der Waals surface area contributed by atoms with Crippen LogP contribution in [0.1, 0.15) is 19.3 Å². The van der Waals surface area contributed by atoms with Crippen molar-refractivity contribution in [3.05, 3.63) is 0 Å². The van der Waals surface area contributed by atoms with Gasteiger partial charge in [0.25, 0.3) is 11.8 Å². The Kier molecular flexibility index (Phi) is 11.2. The van der Waals surface area contributed by atoms with Crippen LogP contribution in [0.4, 0.5) is 0 Å². The first-order valence-electron chi connectivity index (χ1n) is 7.96. The fourth-order valence-electron chi connectivity index (χ4n) is 1.75. The molecule has 140 valence electrons. The van der Waals surface area contributed by atoms with Crippen molar-refractivity contribution in [3.63, 3.8) is 0 Å². The first-order valence-corrected chi connectivity index (χ1v) is 7.96. The molecule has 1 aliphatic heterocycles. The lowest BCUT2D eigenvalue weighted by atomic mass is 10.4. The van der Waals surface area contributed by atoms with Crippen molar-refractivity contribution < 1.29 is 38.2 Å². The largest absolute Gasteiger partial charge is 0.378 e. The summed E-state index contributed by atoms with van der Waals surface area (Å²) in [7, 11) is 0. The number of ether oxygens (including phenoxy) is 4. The van der Waals surface area contributed by atoms with E-state index in [-0.39, 0.29) is 32.5 Å². The Balaban J connectivity index is 1.85. The molecule has 0 spiro atoms. The number of imide groups is 1. The van der Waals surface area contributed by atoms with E-state index in [0.717, 1.165) is 0 Å². The van der Waals surface area contributed by atoms with Crippen molar-refractivity contribution in [1.29, 1.82) is 0 Å². The van der Waals surface area contributed by atoms with Gasteiger partial charge in [0.15, 0.2) is 0 Å². The van der Waals surface area contributed by atoms with Gasteiger partial charge in [-0.25, -0.2) is 4.79 Å². The highest BCUT2D eigenvalue weighted by molar-refractivity contribution is 6.01. The number of carbonyl (C=O) groups excluding carboxylic acids is 3. The number of nitrogens with zero attached hydrogens (tertiary/aromatic N) is 1. The molecule has 0 aromatic carbocycles. The maximum Gasteiger partial charge on any atom is 0.335 e. The van der Waals surface area contributed by atoms with E-state index >= 15 is 0 Å². The smallest absolute Gasteiger partial charge is 0.335 e. The molecular weight excluding hydrogens is 334 g/mol. The predicted octanol–water partition coefficient (Wildman–Crippen LogP) is -0.317. The van der Waals surface area contributed by atoms with E-state index in [4.69, 9.17) is 25.4 Å². The van der Waals surface area contributed by atoms with Crippen molar-refractivity contribution in [2.24, 2.45) is 0 Å². The molecule has 0 aromatic heterocycles. The van der Waals surface area contributed by atoms with Gasteiger partial charge in [-0.2, -0.15) is 0 Å². The van der Waals surface area contributed by atoms with Crippen LogP contribution in [0.15, 0.2) is 0 Å². The Morgan fingerprint density at radius 2 is 1.36 bits per heavy atom. The maximum absolute atomic E-state index is 11.5. The topological polar surface area (TPSA) is 101 Å². The Bertz CT molecular complexity index is 457. The molecule has 1 fully saturated rings. The Hall–Kier alpha value is -1.99. The molecule has 0 aromatic rings. The molecule has 1 aliphatic rings. The Morgan fingerprint density at radius 3 is 1.88 bits per heavy atom. The van der Waals surface area contributed by atoms with Gasteiger partial charge in [0.1, 0.15) is 6.61 Å². The fourth-order valence-corrected chi connectivity index (χ4v) is 1.75. The average Bonchev–Trinajstić information content (AvgIpc) is 2.91. The van der Waals surface area contributed by atoms with Gasteiger partial charge < -0.3 is 23.8 Å². The highest BCUT2D eigenvalue weighted by Gasteiger charge is 2.32. The predicted molar refractivity (Wildman–Crippen MR) is 83.9 cm³/mol. The van der Waals surface area contributed by atoms with Gasteiger partial charge in [0.2, 0.25) is 0 Å². The zero-order chi connectivity index (χ0) is 18.3. The minimum Gasteiger partial charge on any atom is -0.378 e. The summed E-state index contributed by atoms with van der Waals surface area (Å²) in [5.41, 5.74) is 0. The summed E-state index contributed by atoms with van der Waals surface area (Å²) < 4.78 is 20.7. The minimum atomic E-state index is -0.690. The van der Waals surface area contributed by atoms with Gasteiger partial charge in [0.05, 0.1) is 52.7 Å². The van der Waals surface area contributed by atoms with Gasteiger partial charge >= 0.3 is 5.97 Å². The zero-order valence-electron chi connectivity index (χ0n) is 14.1. The quantitative estimate of drug-likeness (QED) is 0.237. The normalized spacial score (nSPS) is 14.0. The lowest BCUT2D eigenvalue weighted by Crippen LogP contribution is -2.32. The van der Waals surface area contributed by atoms with Crippen LogP contribution in [0, 0.1) is 12.3 Å². The summed E-state index contributed by atoms with van der Waals surface area (Å²) in [5.74, 6) is 0.660. The fraction of sp³-hybridized carbons (Fsp3) is 0.688. The number of carbonyl (C=O) groups is 3. The summed E-state index contributed by atoms with van der Waals surface area (Å²) in [6.45, 7) is 2.79. The number of hydrogen-bond donors (Lipinski definition) is 0. The molecule has 0 aliphatic carbocycles. The lowest BCUT2D eigenvalue weighted by Gasteiger charge is -2.12. The molecule has 1 rings (SSSR count). The maximum atomic E-state index is 11.5. The van der Waals surface area contributed by atoms with Crippen LogP contribution in [0.3, 0.4) is 0 Å². The van der Waals surface area contributed by atoms with E-state index in [9.17, 15) is 14.4 Å². The van der Waals surface area contributed by atoms with Crippen molar-refractivity contribution in [1.82, 2.24) is 5.06 Å². The monoisotopic (exact) mass is 357 g/mol. The molecule has 1 saturated heterocycles. The standard InChI is InChI=1S/C16H23NO8/c1-2-6-21-8-10-23-12-13-24-11-9-22-7-5-16(20)25-17-14(18)3-4-15(17)19/h1H,3-13H2. The third-order valence-electron chi connectivity index (χ3n) is 2.95. The average molecular weight is 357 g/mol. The first kappa shape index (κ1) is 21.1. The summed E-state index contributed by atoms with van der Waals surface area (Å²) in [6, 6.07) is 0. The summed E-state index contributed by atoms with van der Waals surface area (Å²) in [6.07, 6.45) is 5.10. The van der Waals surface area contributed by atoms with Crippen molar-refractivity contribution in [2.45, 2.75) is 19.3 Å². The third kappa shape index (κ3) is 9.79. The van der Waals surface area contributed by atoms with Crippen molar-refractivity contribution in [2.75, 3.05) is 52.9 Å². The third-order valence-corrected chi connectivity index (χ3v) is 2.95. The molecule has 25 heavy (non-hydrogen) atoms. The van der Waals surface area contributed by atoms with E-state index in [2.05, 4.69) is 10.8 Å². The number of terminal acetylenes is 1. The van der Waals surface area contributed by atoms with Crippen LogP contribution < -0.4 is 0 Å². The first-order chi connectivity index (χ1) is 12.1. The van der Waals surface area contributed by atoms with E-state index < -0.39 is 17.8 Å². The molecule has 0 unspecified atom stereocenters. The molecule has 2 amide bonds. The van der Waals surface area contributed by atoms with Gasteiger partial charge in [-0.15, -0.1) is 11.5 Å². The molecule has 0 atom stereocenters. The molecule has 9 nitrogen and oxygen atoms in total. The van der Waals surface area contributed by atoms with Crippen LogP contribution >= 0.6 is 0 Å². The van der Waals surface area contributed by atoms with Gasteiger partial charge in [0, 0.05) is 12.8 Å². The second-order valence-electron chi connectivity index (χ2n) is 4.89. The van der Waals surface area contributed by atoms with Crippen LogP contribution in [-0.4, -0.2) is 75.7 Å². The molecule has 9 heteroatoms. The van der Waals surface area contributed by atoms with E-state index in [0.29, 0.717) is 44.7 Å². The molecule has 0 radical (unpaired) electrons. The van der Waals surface area contributed by atoms with Gasteiger partial charge in [-0.3, -0.25) is 9.59 Å². The minimum absolute atomic E-state index is 0.0577. The van der Waals surface area contributed by atoms with E-state index in [1.807, 2.05) is 0 Å². The second-order valence-corrected chi connectivity index (χ2v) is 4.89. The van der Waals surface area contributed by atoms with Gasteiger partial charge in [-0.1, -0.05) is 5.92 Å². The van der Waals surface area contributed by atoms with Crippen molar-refractivity contribution >= 4 is 17.8 Å². The van der Waals surface area contributed by atoms with Crippen LogP contribution in [0.5, 0.6) is 0 Å². The summed E-state index contributed by atoms with van der Waals surface area (Å²) in [5, 5.41) is 0.517.